The van der Waals surface area contributed by atoms with Crippen LogP contribution in [-0.4, -0.2) is 96.7 Å². The molecule has 100 heavy (non-hydrogen) atoms. The predicted octanol–water partition coefficient (Wildman–Crippen LogP) is 24.4. The van der Waals surface area contributed by atoms with Crippen molar-refractivity contribution in [2.45, 2.75) is 451 Å². The van der Waals surface area contributed by atoms with Crippen molar-refractivity contribution in [3.8, 4) is 0 Å². The molecule has 0 saturated carbocycles. The second-order valence-electron chi connectivity index (χ2n) is 29.4. The minimum Gasteiger partial charge on any atom is -0.462 e. The standard InChI is InChI=1S/C81H158O17P2/c1-6-10-13-16-19-22-25-28-30-32-34-36-39-42-45-52-57-62-67-81(86)97-76(70-91-78(83)64-59-54-49-43-40-38-35-33-31-29-26-23-20-17-14-11-7-2)72-95-99(87,88)93-68-75(82)69-94-100(89,90)96-73-77(71-92-79(84)65-60-55-50-47-46-48-53-58-63-74(5)9-4)98-80(85)66-61-56-51-44-41-37-27-24-21-18-15-12-8-3/h74-77,82H,6-73H2,1-5H3,(H,87,88)(H,89,90)/t74?,75-,76-,77-/m1/s1. The van der Waals surface area contributed by atoms with E-state index in [9.17, 15) is 43.2 Å². The number of carbonyl (C=O) groups excluding carboxylic acids is 4. The minimum atomic E-state index is -4.96. The number of rotatable bonds is 81. The van der Waals surface area contributed by atoms with Crippen LogP contribution in [0, 0.1) is 5.92 Å². The zero-order chi connectivity index (χ0) is 73.4. The summed E-state index contributed by atoms with van der Waals surface area (Å²) in [6.07, 6.45) is 65.1. The lowest BCUT2D eigenvalue weighted by molar-refractivity contribution is -0.161. The van der Waals surface area contributed by atoms with E-state index in [4.69, 9.17) is 37.0 Å². The summed E-state index contributed by atoms with van der Waals surface area (Å²) in [5.74, 6) is -1.33. The fraction of sp³-hybridized carbons (Fsp3) is 0.951. The summed E-state index contributed by atoms with van der Waals surface area (Å²) in [6, 6.07) is 0. The average Bonchev–Trinajstić information content (AvgIpc) is 1.18. The number of ether oxygens (including phenoxy) is 4. The highest BCUT2D eigenvalue weighted by atomic mass is 31.2. The van der Waals surface area contributed by atoms with Gasteiger partial charge in [-0.2, -0.15) is 0 Å². The Kier molecular flexibility index (Phi) is 72.5. The Balaban J connectivity index is 5.25. The molecular formula is C81H158O17P2. The van der Waals surface area contributed by atoms with E-state index in [1.807, 2.05) is 0 Å². The first-order chi connectivity index (χ1) is 48.6. The average molecular weight is 1470 g/mol. The Labute approximate surface area is 613 Å². The number of carbonyl (C=O) groups is 4. The molecule has 0 fully saturated rings. The van der Waals surface area contributed by atoms with E-state index in [0.717, 1.165) is 95.8 Å². The zero-order valence-corrected chi connectivity index (χ0v) is 67.1. The second-order valence-corrected chi connectivity index (χ2v) is 32.3. The van der Waals surface area contributed by atoms with Gasteiger partial charge in [0, 0.05) is 25.7 Å². The van der Waals surface area contributed by atoms with Crippen LogP contribution in [0.4, 0.5) is 0 Å². The summed E-state index contributed by atoms with van der Waals surface area (Å²) in [6.45, 7) is 7.34. The molecule has 0 radical (unpaired) electrons. The Hall–Kier alpha value is -1.94. The molecule has 0 aliphatic rings. The van der Waals surface area contributed by atoms with E-state index in [1.165, 1.54) is 257 Å². The summed E-state index contributed by atoms with van der Waals surface area (Å²) >= 11 is 0. The molecule has 0 aliphatic carbocycles. The van der Waals surface area contributed by atoms with Crippen molar-refractivity contribution in [1.29, 1.82) is 0 Å². The van der Waals surface area contributed by atoms with Crippen molar-refractivity contribution in [3.63, 3.8) is 0 Å². The van der Waals surface area contributed by atoms with E-state index in [2.05, 4.69) is 34.6 Å². The van der Waals surface area contributed by atoms with Crippen LogP contribution in [0.15, 0.2) is 0 Å². The summed E-state index contributed by atoms with van der Waals surface area (Å²) < 4.78 is 68.8. The molecule has 17 nitrogen and oxygen atoms in total. The number of unbranched alkanes of at least 4 members (excludes halogenated alkanes) is 52. The monoisotopic (exact) mass is 1470 g/mol. The highest BCUT2D eigenvalue weighted by molar-refractivity contribution is 7.47. The quantitative estimate of drug-likeness (QED) is 0.0222. The van der Waals surface area contributed by atoms with Crippen molar-refractivity contribution >= 4 is 39.5 Å². The highest BCUT2D eigenvalue weighted by Crippen LogP contribution is 2.45. The van der Waals surface area contributed by atoms with Gasteiger partial charge < -0.3 is 33.8 Å². The number of hydrogen-bond acceptors (Lipinski definition) is 15. The molecule has 594 valence electrons. The first-order valence-corrected chi connectivity index (χ1v) is 45.2. The molecule has 0 heterocycles. The summed E-state index contributed by atoms with van der Waals surface area (Å²) in [5.41, 5.74) is 0. The van der Waals surface area contributed by atoms with Crippen LogP contribution in [0.5, 0.6) is 0 Å². The van der Waals surface area contributed by atoms with Crippen LogP contribution >= 0.6 is 15.6 Å². The van der Waals surface area contributed by atoms with Crippen LogP contribution in [-0.2, 0) is 65.4 Å². The maximum Gasteiger partial charge on any atom is 0.472 e. The van der Waals surface area contributed by atoms with Gasteiger partial charge in [-0.05, 0) is 31.6 Å². The SMILES string of the molecule is CCCCCCCCCCCCCCCCCCCCC(=O)O[C@H](COC(=O)CCCCCCCCCCCCCCCCCCC)COP(=O)(O)OC[C@@H](O)COP(=O)(O)OC[C@@H](COC(=O)CCCCCCCCCCC(C)CC)OC(=O)CCCCCCCCCCCCCCC. The van der Waals surface area contributed by atoms with Crippen molar-refractivity contribution in [2.75, 3.05) is 39.6 Å². The molecule has 0 aromatic carbocycles. The number of phosphoric ester groups is 2. The maximum atomic E-state index is 13.1. The number of esters is 4. The lowest BCUT2D eigenvalue weighted by Gasteiger charge is -2.21. The molecular weight excluding hydrogens is 1310 g/mol. The zero-order valence-electron chi connectivity index (χ0n) is 65.3. The third kappa shape index (κ3) is 73.0. The summed E-state index contributed by atoms with van der Waals surface area (Å²) in [5, 5.41) is 10.6. The molecule has 0 amide bonds. The Morgan fingerprint density at radius 3 is 0.710 bits per heavy atom. The molecule has 0 rings (SSSR count). The minimum absolute atomic E-state index is 0.108. The number of hydrogen-bond donors (Lipinski definition) is 3. The molecule has 0 bridgehead atoms. The van der Waals surface area contributed by atoms with Crippen LogP contribution < -0.4 is 0 Å². The molecule has 19 heteroatoms. The van der Waals surface area contributed by atoms with Gasteiger partial charge in [0.05, 0.1) is 26.4 Å². The highest BCUT2D eigenvalue weighted by Gasteiger charge is 2.30. The van der Waals surface area contributed by atoms with Crippen molar-refractivity contribution in [2.24, 2.45) is 5.92 Å². The van der Waals surface area contributed by atoms with Gasteiger partial charge in [0.25, 0.3) is 0 Å². The van der Waals surface area contributed by atoms with E-state index in [0.29, 0.717) is 25.7 Å². The molecule has 0 aromatic rings. The van der Waals surface area contributed by atoms with Gasteiger partial charge in [0.15, 0.2) is 12.2 Å². The third-order valence-corrected chi connectivity index (χ3v) is 21.3. The molecule has 0 spiro atoms. The van der Waals surface area contributed by atoms with Crippen LogP contribution in [0.25, 0.3) is 0 Å². The normalized spacial score (nSPS) is 14.1. The van der Waals surface area contributed by atoms with Gasteiger partial charge in [-0.15, -0.1) is 0 Å². The number of aliphatic hydroxyl groups is 1. The Morgan fingerprint density at radius 2 is 0.480 bits per heavy atom. The number of phosphoric acid groups is 2. The number of aliphatic hydroxyl groups excluding tert-OH is 1. The lowest BCUT2D eigenvalue weighted by atomic mass is 9.99. The van der Waals surface area contributed by atoms with E-state index < -0.39 is 97.5 Å². The van der Waals surface area contributed by atoms with Gasteiger partial charge >= 0.3 is 39.5 Å². The molecule has 3 unspecified atom stereocenters. The molecule has 6 atom stereocenters. The first kappa shape index (κ1) is 98.1. The topological polar surface area (TPSA) is 237 Å². The summed E-state index contributed by atoms with van der Waals surface area (Å²) in [4.78, 5) is 73.1. The van der Waals surface area contributed by atoms with E-state index >= 15 is 0 Å². The van der Waals surface area contributed by atoms with Crippen LogP contribution in [0.1, 0.15) is 433 Å². The van der Waals surface area contributed by atoms with Crippen molar-refractivity contribution < 1.29 is 80.2 Å². The van der Waals surface area contributed by atoms with Gasteiger partial charge in [-0.1, -0.05) is 381 Å². The van der Waals surface area contributed by atoms with Gasteiger partial charge in [0.2, 0.25) is 0 Å². The first-order valence-electron chi connectivity index (χ1n) is 42.2. The molecule has 0 aromatic heterocycles. The smallest absolute Gasteiger partial charge is 0.462 e. The molecule has 0 aliphatic heterocycles. The Bertz CT molecular complexity index is 1910. The van der Waals surface area contributed by atoms with Crippen molar-refractivity contribution in [3.05, 3.63) is 0 Å². The van der Waals surface area contributed by atoms with E-state index in [1.54, 1.807) is 0 Å². The van der Waals surface area contributed by atoms with Gasteiger partial charge in [-0.3, -0.25) is 37.3 Å². The van der Waals surface area contributed by atoms with Gasteiger partial charge in [-0.25, -0.2) is 9.13 Å². The predicted molar refractivity (Wildman–Crippen MR) is 409 cm³/mol. The molecule has 3 N–H and O–H groups in total. The Morgan fingerprint density at radius 1 is 0.280 bits per heavy atom. The molecule has 0 saturated heterocycles. The van der Waals surface area contributed by atoms with Gasteiger partial charge in [0.1, 0.15) is 19.3 Å². The second kappa shape index (κ2) is 73.9. The van der Waals surface area contributed by atoms with E-state index in [-0.39, 0.29) is 25.7 Å². The van der Waals surface area contributed by atoms with Crippen LogP contribution in [0.2, 0.25) is 0 Å². The largest absolute Gasteiger partial charge is 0.472 e. The van der Waals surface area contributed by atoms with Crippen LogP contribution in [0.3, 0.4) is 0 Å². The summed E-state index contributed by atoms with van der Waals surface area (Å²) in [7, 11) is -9.92. The lowest BCUT2D eigenvalue weighted by Crippen LogP contribution is -2.30. The fourth-order valence-corrected chi connectivity index (χ4v) is 14.1. The third-order valence-electron chi connectivity index (χ3n) is 19.4. The fourth-order valence-electron chi connectivity index (χ4n) is 12.6. The maximum absolute atomic E-state index is 13.1. The van der Waals surface area contributed by atoms with Crippen molar-refractivity contribution in [1.82, 2.24) is 0 Å².